The van der Waals surface area contributed by atoms with Crippen molar-refractivity contribution in [1.82, 2.24) is 10.6 Å². The molecule has 8 heteroatoms. The van der Waals surface area contributed by atoms with E-state index in [-0.39, 0.29) is 11.1 Å². The predicted molar refractivity (Wildman–Crippen MR) is 103 cm³/mol. The molecule has 0 spiro atoms. The van der Waals surface area contributed by atoms with Gasteiger partial charge in [-0.25, -0.2) is 9.59 Å². The van der Waals surface area contributed by atoms with E-state index in [0.717, 1.165) is 0 Å². The Bertz CT molecular complexity index is 664. The molecule has 0 heterocycles. The Morgan fingerprint density at radius 2 is 0.964 bits per heavy atom. The number of benzene rings is 1. The van der Waals surface area contributed by atoms with Gasteiger partial charge in [-0.15, -0.1) is 0 Å². The molecule has 0 atom stereocenters. The average molecular weight is 392 g/mol. The van der Waals surface area contributed by atoms with Gasteiger partial charge < -0.3 is 20.1 Å². The summed E-state index contributed by atoms with van der Waals surface area (Å²) in [5.41, 5.74) is -0.471. The summed E-state index contributed by atoms with van der Waals surface area (Å²) >= 11 is 0. The molecule has 0 saturated heterocycles. The molecule has 0 saturated carbocycles. The summed E-state index contributed by atoms with van der Waals surface area (Å²) in [4.78, 5) is 47.3. The van der Waals surface area contributed by atoms with Crippen LogP contribution in [0.2, 0.25) is 0 Å². The molecule has 28 heavy (non-hydrogen) atoms. The summed E-state index contributed by atoms with van der Waals surface area (Å²) < 4.78 is 9.88. The lowest BCUT2D eigenvalue weighted by Crippen LogP contribution is -2.42. The summed E-state index contributed by atoms with van der Waals surface area (Å²) in [5.74, 6) is -2.19. The Labute approximate surface area is 165 Å². The zero-order valence-electron chi connectivity index (χ0n) is 17.2. The topological polar surface area (TPSA) is 111 Å². The lowest BCUT2D eigenvalue weighted by atomic mass is 10.1. The molecule has 1 aromatic carbocycles. The lowest BCUT2D eigenvalue weighted by Gasteiger charge is -2.20. The van der Waals surface area contributed by atoms with Crippen LogP contribution in [0.3, 0.4) is 0 Å². The van der Waals surface area contributed by atoms with Gasteiger partial charge in [-0.05, 0) is 65.8 Å². The van der Waals surface area contributed by atoms with E-state index in [4.69, 9.17) is 9.47 Å². The largest absolute Gasteiger partial charge is 0.452 e. The summed E-state index contributed by atoms with van der Waals surface area (Å²) in [6, 6.07) is 5.54. The first-order valence-corrected chi connectivity index (χ1v) is 8.83. The Hall–Kier alpha value is -2.90. The van der Waals surface area contributed by atoms with Gasteiger partial charge in [0.1, 0.15) is 0 Å². The maximum atomic E-state index is 12.0. The lowest BCUT2D eigenvalue weighted by molar-refractivity contribution is -0.126. The molecule has 154 valence electrons. The van der Waals surface area contributed by atoms with Gasteiger partial charge in [0.05, 0.1) is 11.1 Å². The molecular formula is C20H28N2O6. The molecule has 2 N–H and O–H groups in total. The molecule has 0 aliphatic heterocycles. The van der Waals surface area contributed by atoms with Gasteiger partial charge in [0, 0.05) is 11.1 Å². The molecule has 1 rings (SSSR count). The van der Waals surface area contributed by atoms with Crippen LogP contribution in [0.4, 0.5) is 0 Å². The summed E-state index contributed by atoms with van der Waals surface area (Å²) in [7, 11) is 0. The summed E-state index contributed by atoms with van der Waals surface area (Å²) in [6.07, 6.45) is 0. The third-order valence-corrected chi connectivity index (χ3v) is 3.05. The fourth-order valence-corrected chi connectivity index (χ4v) is 2.08. The van der Waals surface area contributed by atoms with Crippen LogP contribution in [0.5, 0.6) is 0 Å². The van der Waals surface area contributed by atoms with E-state index in [0.29, 0.717) is 0 Å². The van der Waals surface area contributed by atoms with E-state index in [1.54, 1.807) is 0 Å². The van der Waals surface area contributed by atoms with E-state index < -0.39 is 48.0 Å². The standard InChI is InChI=1S/C20H28N2O6/c1-19(2,3)21-15(23)11-27-17(25)13-7-9-14(10-8-13)18(26)28-12-16(24)22-20(4,5)6/h7-10H,11-12H2,1-6H3,(H,21,23)(H,22,24). The van der Waals surface area contributed by atoms with E-state index in [1.807, 2.05) is 41.5 Å². The van der Waals surface area contributed by atoms with Gasteiger partial charge >= 0.3 is 11.9 Å². The molecular weight excluding hydrogens is 364 g/mol. The summed E-state index contributed by atoms with van der Waals surface area (Å²) in [5, 5.41) is 5.35. The molecule has 0 fully saturated rings. The SMILES string of the molecule is CC(C)(C)NC(=O)COC(=O)c1ccc(C(=O)OCC(=O)NC(C)(C)C)cc1. The van der Waals surface area contributed by atoms with Gasteiger partial charge in [0.25, 0.3) is 11.8 Å². The maximum Gasteiger partial charge on any atom is 0.338 e. The fourth-order valence-electron chi connectivity index (χ4n) is 2.08. The molecule has 0 aliphatic carbocycles. The highest BCUT2D eigenvalue weighted by molar-refractivity contribution is 5.95. The number of amides is 2. The average Bonchev–Trinajstić information content (AvgIpc) is 2.54. The molecule has 0 radical (unpaired) electrons. The van der Waals surface area contributed by atoms with Crippen molar-refractivity contribution in [2.24, 2.45) is 0 Å². The number of hydrogen-bond acceptors (Lipinski definition) is 6. The van der Waals surface area contributed by atoms with Crippen LogP contribution in [0, 0.1) is 0 Å². The fraction of sp³-hybridized carbons (Fsp3) is 0.500. The molecule has 1 aromatic rings. The second kappa shape index (κ2) is 9.34. The third-order valence-electron chi connectivity index (χ3n) is 3.05. The van der Waals surface area contributed by atoms with Crippen LogP contribution in [0.1, 0.15) is 62.3 Å². The molecule has 0 aromatic heterocycles. The van der Waals surface area contributed by atoms with Gasteiger partial charge in [0.15, 0.2) is 13.2 Å². The Morgan fingerprint density at radius 1 is 0.679 bits per heavy atom. The highest BCUT2D eigenvalue weighted by Gasteiger charge is 2.18. The van der Waals surface area contributed by atoms with Crippen molar-refractivity contribution >= 4 is 23.8 Å². The molecule has 0 unspecified atom stereocenters. The van der Waals surface area contributed by atoms with Crippen molar-refractivity contribution in [2.45, 2.75) is 52.6 Å². The monoisotopic (exact) mass is 392 g/mol. The van der Waals surface area contributed by atoms with Crippen molar-refractivity contribution in [3.63, 3.8) is 0 Å². The second-order valence-corrected chi connectivity index (χ2v) is 8.33. The van der Waals surface area contributed by atoms with E-state index in [9.17, 15) is 19.2 Å². The highest BCUT2D eigenvalue weighted by Crippen LogP contribution is 2.08. The second-order valence-electron chi connectivity index (χ2n) is 8.33. The summed E-state index contributed by atoms with van der Waals surface area (Å²) in [6.45, 7) is 10.1. The quantitative estimate of drug-likeness (QED) is 0.715. The molecule has 8 nitrogen and oxygen atoms in total. The van der Waals surface area contributed by atoms with Gasteiger partial charge in [-0.2, -0.15) is 0 Å². The smallest absolute Gasteiger partial charge is 0.338 e. The van der Waals surface area contributed by atoms with Crippen LogP contribution in [-0.4, -0.2) is 48.0 Å². The first kappa shape index (κ1) is 23.1. The van der Waals surface area contributed by atoms with Crippen LogP contribution >= 0.6 is 0 Å². The molecule has 0 bridgehead atoms. The van der Waals surface area contributed by atoms with Crippen molar-refractivity contribution in [1.29, 1.82) is 0 Å². The highest BCUT2D eigenvalue weighted by atomic mass is 16.5. The Balaban J connectivity index is 2.53. The van der Waals surface area contributed by atoms with Crippen LogP contribution in [0.15, 0.2) is 24.3 Å². The van der Waals surface area contributed by atoms with Crippen molar-refractivity contribution in [3.8, 4) is 0 Å². The first-order valence-electron chi connectivity index (χ1n) is 8.83. The van der Waals surface area contributed by atoms with Gasteiger partial charge in [-0.1, -0.05) is 0 Å². The number of ether oxygens (including phenoxy) is 2. The molecule has 0 aliphatic rings. The number of nitrogens with one attached hydrogen (secondary N) is 2. The number of carbonyl (C=O) groups is 4. The molecule has 2 amide bonds. The minimum Gasteiger partial charge on any atom is -0.452 e. The zero-order valence-corrected chi connectivity index (χ0v) is 17.2. The van der Waals surface area contributed by atoms with Crippen molar-refractivity contribution in [3.05, 3.63) is 35.4 Å². The predicted octanol–water partition coefficient (Wildman–Crippen LogP) is 1.83. The zero-order chi connectivity index (χ0) is 21.5. The van der Waals surface area contributed by atoms with E-state index in [1.165, 1.54) is 24.3 Å². The van der Waals surface area contributed by atoms with E-state index in [2.05, 4.69) is 10.6 Å². The van der Waals surface area contributed by atoms with Crippen molar-refractivity contribution in [2.75, 3.05) is 13.2 Å². The van der Waals surface area contributed by atoms with E-state index >= 15 is 0 Å². The van der Waals surface area contributed by atoms with Gasteiger partial charge in [-0.3, -0.25) is 9.59 Å². The van der Waals surface area contributed by atoms with Crippen LogP contribution in [-0.2, 0) is 19.1 Å². The Morgan fingerprint density at radius 3 is 1.21 bits per heavy atom. The number of esters is 2. The third kappa shape index (κ3) is 9.16. The van der Waals surface area contributed by atoms with Crippen LogP contribution in [0.25, 0.3) is 0 Å². The first-order chi connectivity index (χ1) is 12.8. The Kier molecular flexibility index (Phi) is 7.72. The number of hydrogen-bond donors (Lipinski definition) is 2. The minimum atomic E-state index is -0.687. The van der Waals surface area contributed by atoms with Crippen molar-refractivity contribution < 1.29 is 28.7 Å². The number of carbonyl (C=O) groups excluding carboxylic acids is 4. The normalized spacial score (nSPS) is 11.4. The van der Waals surface area contributed by atoms with Crippen LogP contribution < -0.4 is 10.6 Å². The maximum absolute atomic E-state index is 12.0. The minimum absolute atomic E-state index is 0.186. The number of rotatable bonds is 6. The van der Waals surface area contributed by atoms with Gasteiger partial charge in [0.2, 0.25) is 0 Å².